The van der Waals surface area contributed by atoms with E-state index in [1.54, 1.807) is 0 Å². The van der Waals surface area contributed by atoms with Gasteiger partial charge in [-0.3, -0.25) is 9.20 Å². The van der Waals surface area contributed by atoms with E-state index in [0.717, 1.165) is 37.6 Å². The summed E-state index contributed by atoms with van der Waals surface area (Å²) in [5.41, 5.74) is 1.17. The van der Waals surface area contributed by atoms with Crippen molar-refractivity contribution >= 4 is 17.5 Å². The molecule has 8 nitrogen and oxygen atoms in total. The van der Waals surface area contributed by atoms with Crippen molar-refractivity contribution in [3.05, 3.63) is 47.9 Å². The molecule has 30 heavy (non-hydrogen) atoms. The molecule has 0 spiro atoms. The summed E-state index contributed by atoms with van der Waals surface area (Å²) in [5, 5.41) is 8.40. The topological polar surface area (TPSA) is 75.9 Å². The van der Waals surface area contributed by atoms with Gasteiger partial charge in [-0.2, -0.15) is 4.98 Å². The second-order valence-electron chi connectivity index (χ2n) is 7.62. The van der Waals surface area contributed by atoms with E-state index in [9.17, 15) is 4.79 Å². The molecule has 0 radical (unpaired) electrons. The number of fused-ring (bicyclic) bond motifs is 1. The van der Waals surface area contributed by atoms with Crippen molar-refractivity contribution in [2.45, 2.75) is 39.7 Å². The highest BCUT2D eigenvalue weighted by Crippen LogP contribution is 2.20. The second-order valence-corrected chi connectivity index (χ2v) is 7.62. The largest absolute Gasteiger partial charge is 0.481 e. The third-order valence-corrected chi connectivity index (χ3v) is 5.43. The van der Waals surface area contributed by atoms with Crippen molar-refractivity contribution in [1.29, 1.82) is 0 Å². The maximum Gasteiger partial charge on any atom is 0.263 e. The minimum atomic E-state index is -0.511. The van der Waals surface area contributed by atoms with E-state index in [0.29, 0.717) is 24.6 Å². The van der Waals surface area contributed by atoms with E-state index in [-0.39, 0.29) is 5.91 Å². The van der Waals surface area contributed by atoms with Crippen LogP contribution in [-0.2, 0) is 11.2 Å². The highest BCUT2D eigenvalue weighted by atomic mass is 16.5. The average molecular weight is 409 g/mol. The monoisotopic (exact) mass is 408 g/mol. The van der Waals surface area contributed by atoms with Crippen LogP contribution in [0.5, 0.6) is 5.75 Å². The Morgan fingerprint density at radius 1 is 1.13 bits per heavy atom. The molecule has 1 aliphatic heterocycles. The molecule has 3 heterocycles. The molecule has 1 fully saturated rings. The number of aromatic nitrogens is 4. The SMILES string of the molecule is CCCc1cc(N2CCN(C(=O)[C@@H](C)Oc3ccccc3)CC2)nc2nnc(C)n12. The predicted molar refractivity (Wildman–Crippen MR) is 115 cm³/mol. The predicted octanol–water partition coefficient (Wildman–Crippen LogP) is 2.50. The standard InChI is InChI=1S/C22H28N6O2/c1-4-8-18-15-20(23-22-25-24-17(3)28(18)22)26-11-13-27(14-12-26)21(29)16(2)30-19-9-6-5-7-10-19/h5-7,9-10,15-16H,4,8,11-14H2,1-3H3/t16-/m1/s1. The third-order valence-electron chi connectivity index (χ3n) is 5.43. The number of carbonyl (C=O) groups is 1. The van der Waals surface area contributed by atoms with Gasteiger partial charge in [0.15, 0.2) is 6.10 Å². The van der Waals surface area contributed by atoms with E-state index in [1.165, 1.54) is 5.69 Å². The van der Waals surface area contributed by atoms with E-state index in [1.807, 2.05) is 53.5 Å². The number of amides is 1. The van der Waals surface area contributed by atoms with Gasteiger partial charge in [0.2, 0.25) is 0 Å². The van der Waals surface area contributed by atoms with Crippen molar-refractivity contribution in [3.63, 3.8) is 0 Å². The van der Waals surface area contributed by atoms with Crippen molar-refractivity contribution in [2.24, 2.45) is 0 Å². The normalized spacial score (nSPS) is 15.4. The first-order valence-electron chi connectivity index (χ1n) is 10.5. The van der Waals surface area contributed by atoms with Gasteiger partial charge in [-0.15, -0.1) is 10.2 Å². The summed E-state index contributed by atoms with van der Waals surface area (Å²) in [6, 6.07) is 11.6. The summed E-state index contributed by atoms with van der Waals surface area (Å²) in [4.78, 5) is 21.6. The van der Waals surface area contributed by atoms with Gasteiger partial charge in [-0.25, -0.2) is 0 Å². The molecule has 1 saturated heterocycles. The maximum absolute atomic E-state index is 12.8. The summed E-state index contributed by atoms with van der Waals surface area (Å²) < 4.78 is 7.82. The Kier molecular flexibility index (Phi) is 5.83. The fourth-order valence-corrected chi connectivity index (χ4v) is 3.88. The molecule has 0 aliphatic carbocycles. The van der Waals surface area contributed by atoms with Crippen LogP contribution in [0.2, 0.25) is 0 Å². The number of ether oxygens (including phenoxy) is 1. The number of aryl methyl sites for hydroxylation is 2. The molecule has 8 heteroatoms. The molecule has 158 valence electrons. The van der Waals surface area contributed by atoms with Crippen LogP contribution in [0.25, 0.3) is 5.78 Å². The zero-order valence-corrected chi connectivity index (χ0v) is 17.8. The highest BCUT2D eigenvalue weighted by molar-refractivity contribution is 5.81. The summed E-state index contributed by atoms with van der Waals surface area (Å²) in [6.07, 6.45) is 1.47. The number of hydrogen-bond donors (Lipinski definition) is 0. The first-order valence-corrected chi connectivity index (χ1v) is 10.5. The fourth-order valence-electron chi connectivity index (χ4n) is 3.88. The van der Waals surface area contributed by atoms with Crippen LogP contribution >= 0.6 is 0 Å². The van der Waals surface area contributed by atoms with Gasteiger partial charge in [-0.1, -0.05) is 31.5 Å². The molecule has 0 saturated carbocycles. The second kappa shape index (κ2) is 8.69. The van der Waals surface area contributed by atoms with E-state index in [2.05, 4.69) is 28.1 Å². The Labute approximate surface area is 176 Å². The number of anilines is 1. The molecular formula is C22H28N6O2. The Hall–Kier alpha value is -3.16. The zero-order valence-electron chi connectivity index (χ0n) is 17.8. The number of benzene rings is 1. The van der Waals surface area contributed by atoms with Gasteiger partial charge in [0.1, 0.15) is 17.4 Å². The summed E-state index contributed by atoms with van der Waals surface area (Å²) in [6.45, 7) is 8.66. The molecule has 0 unspecified atom stereocenters. The van der Waals surface area contributed by atoms with Gasteiger partial charge in [0.25, 0.3) is 11.7 Å². The maximum atomic E-state index is 12.8. The lowest BCUT2D eigenvalue weighted by Gasteiger charge is -2.36. The number of para-hydroxylation sites is 1. The Morgan fingerprint density at radius 3 is 2.57 bits per heavy atom. The van der Waals surface area contributed by atoms with E-state index < -0.39 is 6.10 Å². The van der Waals surface area contributed by atoms with Crippen LogP contribution in [0.1, 0.15) is 31.8 Å². The Morgan fingerprint density at radius 2 is 1.87 bits per heavy atom. The van der Waals surface area contributed by atoms with Crippen molar-refractivity contribution in [2.75, 3.05) is 31.1 Å². The van der Waals surface area contributed by atoms with Crippen LogP contribution < -0.4 is 9.64 Å². The molecule has 1 atom stereocenters. The molecule has 1 aliphatic rings. The van der Waals surface area contributed by atoms with E-state index >= 15 is 0 Å². The van der Waals surface area contributed by atoms with Crippen LogP contribution in [0.15, 0.2) is 36.4 Å². The zero-order chi connectivity index (χ0) is 21.1. The third kappa shape index (κ3) is 4.08. The number of rotatable bonds is 6. The minimum absolute atomic E-state index is 0.0154. The first kappa shape index (κ1) is 20.1. The van der Waals surface area contributed by atoms with Crippen LogP contribution in [0, 0.1) is 6.92 Å². The number of nitrogens with zero attached hydrogens (tertiary/aromatic N) is 6. The van der Waals surface area contributed by atoms with Crippen molar-refractivity contribution in [3.8, 4) is 5.75 Å². The number of piperazine rings is 1. The Bertz CT molecular complexity index is 1010. The summed E-state index contributed by atoms with van der Waals surface area (Å²) >= 11 is 0. The van der Waals surface area contributed by atoms with Gasteiger partial charge in [0, 0.05) is 37.9 Å². The van der Waals surface area contributed by atoms with Gasteiger partial charge >= 0.3 is 0 Å². The fraction of sp³-hybridized carbons (Fsp3) is 0.455. The van der Waals surface area contributed by atoms with E-state index in [4.69, 9.17) is 9.72 Å². The lowest BCUT2D eigenvalue weighted by atomic mass is 10.2. The smallest absolute Gasteiger partial charge is 0.263 e. The molecule has 3 aromatic rings. The van der Waals surface area contributed by atoms with Gasteiger partial charge in [-0.05, 0) is 32.4 Å². The van der Waals surface area contributed by atoms with Gasteiger partial charge < -0.3 is 14.5 Å². The van der Waals surface area contributed by atoms with Crippen molar-refractivity contribution < 1.29 is 9.53 Å². The molecule has 0 bridgehead atoms. The van der Waals surface area contributed by atoms with Crippen LogP contribution in [-0.4, -0.2) is 62.7 Å². The molecule has 4 rings (SSSR count). The van der Waals surface area contributed by atoms with Crippen LogP contribution in [0.4, 0.5) is 5.82 Å². The number of hydrogen-bond acceptors (Lipinski definition) is 6. The highest BCUT2D eigenvalue weighted by Gasteiger charge is 2.27. The minimum Gasteiger partial charge on any atom is -0.481 e. The van der Waals surface area contributed by atoms with Crippen LogP contribution in [0.3, 0.4) is 0 Å². The molecule has 2 aromatic heterocycles. The number of carbonyl (C=O) groups excluding carboxylic acids is 1. The lowest BCUT2D eigenvalue weighted by Crippen LogP contribution is -2.52. The average Bonchev–Trinajstić information content (AvgIpc) is 3.15. The lowest BCUT2D eigenvalue weighted by molar-refractivity contribution is -0.138. The molecule has 1 amide bonds. The molecule has 1 aromatic carbocycles. The first-order chi connectivity index (χ1) is 14.6. The molecular weight excluding hydrogens is 380 g/mol. The summed E-state index contributed by atoms with van der Waals surface area (Å²) in [7, 11) is 0. The molecule has 0 N–H and O–H groups in total. The quantitative estimate of drug-likeness (QED) is 0.624. The summed E-state index contributed by atoms with van der Waals surface area (Å²) in [5.74, 6) is 3.12. The Balaban J connectivity index is 1.42. The van der Waals surface area contributed by atoms with Crippen molar-refractivity contribution in [1.82, 2.24) is 24.5 Å². The van der Waals surface area contributed by atoms with Gasteiger partial charge in [0.05, 0.1) is 0 Å².